The molecular formula is C16H36N2. The predicted octanol–water partition coefficient (Wildman–Crippen LogP) is 4.45. The molecule has 0 saturated carbocycles. The van der Waals surface area contributed by atoms with Crippen molar-refractivity contribution in [2.75, 3.05) is 26.7 Å². The first-order chi connectivity index (χ1) is 8.72. The molecule has 0 aromatic heterocycles. The van der Waals surface area contributed by atoms with E-state index in [9.17, 15) is 0 Å². The maximum absolute atomic E-state index is 3.23. The summed E-state index contributed by atoms with van der Waals surface area (Å²) in [4.78, 5) is 2.34. The van der Waals surface area contributed by atoms with E-state index in [4.69, 9.17) is 0 Å². The topological polar surface area (TPSA) is 15.3 Å². The zero-order valence-corrected chi connectivity index (χ0v) is 13.8. The van der Waals surface area contributed by atoms with Crippen LogP contribution < -0.4 is 5.32 Å². The van der Waals surface area contributed by atoms with Crippen LogP contribution in [0.15, 0.2) is 24.4 Å². The minimum Gasteiger partial charge on any atom is -0.391 e. The van der Waals surface area contributed by atoms with Gasteiger partial charge in [-0.15, -0.1) is 0 Å². The van der Waals surface area contributed by atoms with Crippen molar-refractivity contribution in [2.45, 2.75) is 54.4 Å². The average Bonchev–Trinajstić information content (AvgIpc) is 2.44. The fraction of sp³-hybridized carbons (Fsp3) is 0.750. The number of unbranched alkanes of at least 4 members (excludes halogenated alkanes) is 1. The van der Waals surface area contributed by atoms with Gasteiger partial charge in [0.15, 0.2) is 0 Å². The second kappa shape index (κ2) is 25.2. The van der Waals surface area contributed by atoms with E-state index in [-0.39, 0.29) is 0 Å². The van der Waals surface area contributed by atoms with Crippen LogP contribution in [-0.4, -0.2) is 31.6 Å². The number of nitrogens with one attached hydrogen (secondary N) is 1. The Morgan fingerprint density at radius 3 is 1.89 bits per heavy atom. The van der Waals surface area contributed by atoms with E-state index in [1.807, 2.05) is 59.0 Å². The van der Waals surface area contributed by atoms with Crippen molar-refractivity contribution in [1.29, 1.82) is 0 Å². The normalized spacial score (nSPS) is 10.0. The molecule has 0 aromatic rings. The highest BCUT2D eigenvalue weighted by Crippen LogP contribution is 1.90. The summed E-state index contributed by atoms with van der Waals surface area (Å²) in [5.41, 5.74) is 0. The fourth-order valence-corrected chi connectivity index (χ4v) is 0.968. The Labute approximate surface area is 116 Å². The number of hydrogen-bond donors (Lipinski definition) is 1. The van der Waals surface area contributed by atoms with Gasteiger partial charge in [-0.25, -0.2) is 0 Å². The maximum atomic E-state index is 3.23. The summed E-state index contributed by atoms with van der Waals surface area (Å²) in [6.07, 6.45) is 10.6. The summed E-state index contributed by atoms with van der Waals surface area (Å²) >= 11 is 0. The predicted molar refractivity (Wildman–Crippen MR) is 87.1 cm³/mol. The van der Waals surface area contributed by atoms with Crippen LogP contribution in [0.4, 0.5) is 0 Å². The molecule has 0 aromatic carbocycles. The summed E-state index contributed by atoms with van der Waals surface area (Å²) < 4.78 is 0. The first kappa shape index (κ1) is 22.4. The molecule has 0 aliphatic heterocycles. The summed E-state index contributed by atoms with van der Waals surface area (Å²) in [6.45, 7) is 15.7. The van der Waals surface area contributed by atoms with Crippen molar-refractivity contribution >= 4 is 0 Å². The van der Waals surface area contributed by atoms with Gasteiger partial charge in [-0.1, -0.05) is 39.0 Å². The molecule has 0 atom stereocenters. The van der Waals surface area contributed by atoms with Gasteiger partial charge in [-0.3, -0.25) is 0 Å². The van der Waals surface area contributed by atoms with Crippen molar-refractivity contribution in [3.8, 4) is 0 Å². The molecule has 18 heavy (non-hydrogen) atoms. The second-order valence-electron chi connectivity index (χ2n) is 3.72. The molecule has 0 aliphatic rings. The minimum absolute atomic E-state index is 1.10. The molecule has 0 saturated heterocycles. The van der Waals surface area contributed by atoms with Gasteiger partial charge < -0.3 is 10.2 Å². The van der Waals surface area contributed by atoms with Crippen molar-refractivity contribution < 1.29 is 0 Å². The fourth-order valence-electron chi connectivity index (χ4n) is 0.968. The van der Waals surface area contributed by atoms with Crippen LogP contribution >= 0.6 is 0 Å². The van der Waals surface area contributed by atoms with E-state index >= 15 is 0 Å². The van der Waals surface area contributed by atoms with Crippen LogP contribution in [0, 0.1) is 0 Å². The summed E-state index contributed by atoms with van der Waals surface area (Å²) in [5, 5.41) is 3.23. The molecule has 0 radical (unpaired) electrons. The molecule has 2 heteroatoms. The van der Waals surface area contributed by atoms with Crippen molar-refractivity contribution in [3.05, 3.63) is 24.4 Å². The number of hydrogen-bond acceptors (Lipinski definition) is 2. The Morgan fingerprint density at radius 1 is 0.944 bits per heavy atom. The lowest BCUT2D eigenvalue weighted by Crippen LogP contribution is -2.19. The lowest BCUT2D eigenvalue weighted by molar-refractivity contribution is 0.343. The molecule has 110 valence electrons. The zero-order chi connectivity index (χ0) is 14.6. The lowest BCUT2D eigenvalue weighted by Gasteiger charge is -2.12. The van der Waals surface area contributed by atoms with E-state index in [0.29, 0.717) is 0 Å². The van der Waals surface area contributed by atoms with Crippen LogP contribution in [0.2, 0.25) is 0 Å². The molecule has 2 nitrogen and oxygen atoms in total. The number of allylic oxidation sites excluding steroid dienone is 3. The third-order valence-corrected chi connectivity index (χ3v) is 2.27. The highest BCUT2D eigenvalue weighted by atomic mass is 15.1. The van der Waals surface area contributed by atoms with Crippen LogP contribution in [0.25, 0.3) is 0 Å². The van der Waals surface area contributed by atoms with E-state index in [1.54, 1.807) is 0 Å². The van der Waals surface area contributed by atoms with Gasteiger partial charge in [-0.2, -0.15) is 0 Å². The Morgan fingerprint density at radius 2 is 1.50 bits per heavy atom. The van der Waals surface area contributed by atoms with Crippen LogP contribution in [0.5, 0.6) is 0 Å². The van der Waals surface area contributed by atoms with Crippen LogP contribution in [0.1, 0.15) is 54.4 Å². The van der Waals surface area contributed by atoms with Crippen LogP contribution in [0.3, 0.4) is 0 Å². The monoisotopic (exact) mass is 256 g/mol. The number of nitrogens with zero attached hydrogens (tertiary/aromatic N) is 1. The minimum atomic E-state index is 1.10. The first-order valence-electron chi connectivity index (χ1n) is 7.33. The van der Waals surface area contributed by atoms with E-state index in [2.05, 4.69) is 24.2 Å². The maximum Gasteiger partial charge on any atom is 0.0141 e. The molecule has 0 fully saturated rings. The van der Waals surface area contributed by atoms with E-state index < -0.39 is 0 Å². The van der Waals surface area contributed by atoms with E-state index in [1.165, 1.54) is 19.4 Å². The van der Waals surface area contributed by atoms with Gasteiger partial charge in [0.05, 0.1) is 0 Å². The zero-order valence-electron chi connectivity index (χ0n) is 13.8. The Balaban J connectivity index is -0.000000317. The standard InChI is InChI=1S/C10H22N2.C4H8.C2H6/c1-4-8-11-9-6-7-10-12(3)5-2;1-3-4-2;1-2/h4,8,11H,5-7,9-10H2,1-3H3;3-4H,1-2H3;1-2H3/b8-4+;4-3+;. The Kier molecular flexibility index (Phi) is 31.4. The molecule has 1 N–H and O–H groups in total. The molecule has 0 rings (SSSR count). The SMILES string of the molecule is C/C=C/C.C/C=C/NCCCCN(C)CC.CC. The largest absolute Gasteiger partial charge is 0.391 e. The summed E-state index contributed by atoms with van der Waals surface area (Å²) in [7, 11) is 2.17. The van der Waals surface area contributed by atoms with Gasteiger partial charge >= 0.3 is 0 Å². The average molecular weight is 256 g/mol. The second-order valence-corrected chi connectivity index (χ2v) is 3.72. The molecule has 0 unspecified atom stereocenters. The van der Waals surface area contributed by atoms with Gasteiger partial charge in [0.1, 0.15) is 0 Å². The lowest BCUT2D eigenvalue weighted by atomic mass is 10.3. The Bertz CT molecular complexity index is 158. The van der Waals surface area contributed by atoms with Gasteiger partial charge in [-0.05, 0) is 59.9 Å². The van der Waals surface area contributed by atoms with Gasteiger partial charge in [0, 0.05) is 6.54 Å². The van der Waals surface area contributed by atoms with E-state index in [0.717, 1.165) is 13.1 Å². The summed E-state index contributed by atoms with van der Waals surface area (Å²) in [6, 6.07) is 0. The first-order valence-corrected chi connectivity index (χ1v) is 7.33. The number of rotatable bonds is 7. The molecule has 0 heterocycles. The highest BCUT2D eigenvalue weighted by Gasteiger charge is 1.92. The Hall–Kier alpha value is -0.760. The summed E-state index contributed by atoms with van der Waals surface area (Å²) in [5.74, 6) is 0. The third-order valence-electron chi connectivity index (χ3n) is 2.27. The molecule has 0 amide bonds. The smallest absolute Gasteiger partial charge is 0.0141 e. The van der Waals surface area contributed by atoms with Crippen molar-refractivity contribution in [1.82, 2.24) is 10.2 Å². The molecule has 0 aliphatic carbocycles. The molecule has 0 spiro atoms. The quantitative estimate of drug-likeness (QED) is 0.535. The van der Waals surface area contributed by atoms with Gasteiger partial charge in [0.2, 0.25) is 0 Å². The van der Waals surface area contributed by atoms with Crippen LogP contribution in [-0.2, 0) is 0 Å². The van der Waals surface area contributed by atoms with Crippen molar-refractivity contribution in [2.24, 2.45) is 0 Å². The van der Waals surface area contributed by atoms with Gasteiger partial charge in [0.25, 0.3) is 0 Å². The molecule has 0 bridgehead atoms. The molecular weight excluding hydrogens is 220 g/mol. The third kappa shape index (κ3) is 29.5. The highest BCUT2D eigenvalue weighted by molar-refractivity contribution is 4.73. The van der Waals surface area contributed by atoms with Crippen molar-refractivity contribution in [3.63, 3.8) is 0 Å².